The third kappa shape index (κ3) is 3.96. The van der Waals surface area contributed by atoms with E-state index >= 15 is 0 Å². The molecule has 0 unspecified atom stereocenters. The molecule has 2 aromatic heterocycles. The smallest absolute Gasteiger partial charge is 0.186 e. The van der Waals surface area contributed by atoms with Gasteiger partial charge in [-0.25, -0.2) is 4.98 Å². The standard InChI is InChI=1S/C23H28N4OS/c1-28-19-7-5-17(6-8-19)20-15-22-21(16-24-20)25-23(29-22)27-13-9-18(10-14-27)26-11-3-2-4-12-26/h5-8,15-16,18H,2-4,9-14H2,1H3. The largest absolute Gasteiger partial charge is 0.497 e. The highest BCUT2D eigenvalue weighted by Crippen LogP contribution is 2.33. The second-order valence-electron chi connectivity index (χ2n) is 8.08. The van der Waals surface area contributed by atoms with Crippen LogP contribution < -0.4 is 9.64 Å². The lowest BCUT2D eigenvalue weighted by atomic mass is 10.0. The lowest BCUT2D eigenvalue weighted by molar-refractivity contribution is 0.141. The molecule has 2 fully saturated rings. The van der Waals surface area contributed by atoms with Gasteiger partial charge in [0.15, 0.2) is 5.13 Å². The summed E-state index contributed by atoms with van der Waals surface area (Å²) in [5, 5.41) is 1.14. The minimum Gasteiger partial charge on any atom is -0.497 e. The van der Waals surface area contributed by atoms with Gasteiger partial charge in [-0.3, -0.25) is 4.98 Å². The number of likely N-dealkylation sites (tertiary alicyclic amines) is 1. The number of fused-ring (bicyclic) bond motifs is 1. The average Bonchev–Trinajstić information content (AvgIpc) is 3.23. The molecular formula is C23H28N4OS. The third-order valence-corrected chi connectivity index (χ3v) is 7.37. The Morgan fingerprint density at radius 2 is 1.76 bits per heavy atom. The van der Waals surface area contributed by atoms with Crippen LogP contribution in [0, 0.1) is 0 Å². The van der Waals surface area contributed by atoms with Gasteiger partial charge in [0.1, 0.15) is 11.3 Å². The molecule has 0 bridgehead atoms. The Balaban J connectivity index is 1.30. The number of rotatable bonds is 4. The first-order chi connectivity index (χ1) is 14.3. The molecule has 3 aromatic rings. The molecule has 152 valence electrons. The van der Waals surface area contributed by atoms with Crippen molar-refractivity contribution >= 4 is 26.7 Å². The van der Waals surface area contributed by atoms with E-state index in [1.165, 1.54) is 49.9 Å². The number of pyridine rings is 1. The minimum atomic E-state index is 0.768. The fourth-order valence-corrected chi connectivity index (χ4v) is 5.61. The van der Waals surface area contributed by atoms with Crippen LogP contribution in [0.2, 0.25) is 0 Å². The number of benzene rings is 1. The fraction of sp³-hybridized carbons (Fsp3) is 0.478. The van der Waals surface area contributed by atoms with Gasteiger partial charge in [0.2, 0.25) is 0 Å². The molecule has 0 aliphatic carbocycles. The second-order valence-corrected chi connectivity index (χ2v) is 9.09. The summed E-state index contributed by atoms with van der Waals surface area (Å²) in [6.07, 6.45) is 8.59. The van der Waals surface area contributed by atoms with E-state index in [1.807, 2.05) is 18.3 Å². The number of anilines is 1. The van der Waals surface area contributed by atoms with Crippen LogP contribution in [-0.2, 0) is 0 Å². The molecule has 0 spiro atoms. The topological polar surface area (TPSA) is 41.5 Å². The van der Waals surface area contributed by atoms with Crippen LogP contribution in [0.15, 0.2) is 36.5 Å². The minimum absolute atomic E-state index is 0.768. The second kappa shape index (κ2) is 8.28. The Morgan fingerprint density at radius 3 is 2.48 bits per heavy atom. The molecule has 2 aliphatic rings. The number of thiazole rings is 1. The van der Waals surface area contributed by atoms with Gasteiger partial charge in [0, 0.05) is 24.7 Å². The number of hydrogen-bond acceptors (Lipinski definition) is 6. The monoisotopic (exact) mass is 408 g/mol. The molecule has 5 nitrogen and oxygen atoms in total. The van der Waals surface area contributed by atoms with Gasteiger partial charge in [-0.2, -0.15) is 0 Å². The predicted molar refractivity (Wildman–Crippen MR) is 120 cm³/mol. The van der Waals surface area contributed by atoms with Crippen LogP contribution >= 0.6 is 11.3 Å². The van der Waals surface area contributed by atoms with Gasteiger partial charge < -0.3 is 14.5 Å². The highest BCUT2D eigenvalue weighted by molar-refractivity contribution is 7.22. The summed E-state index contributed by atoms with van der Waals surface area (Å²) >= 11 is 1.79. The fourth-order valence-electron chi connectivity index (χ4n) is 4.58. The van der Waals surface area contributed by atoms with Gasteiger partial charge >= 0.3 is 0 Å². The summed E-state index contributed by atoms with van der Waals surface area (Å²) in [7, 11) is 1.69. The quantitative estimate of drug-likeness (QED) is 0.619. The molecule has 0 amide bonds. The number of piperidine rings is 2. The zero-order valence-electron chi connectivity index (χ0n) is 17.0. The van der Waals surface area contributed by atoms with Crippen molar-refractivity contribution < 1.29 is 4.74 Å². The first kappa shape index (κ1) is 18.8. The molecule has 2 saturated heterocycles. The number of aromatic nitrogens is 2. The van der Waals surface area contributed by atoms with Gasteiger partial charge in [-0.05, 0) is 69.1 Å². The maximum atomic E-state index is 5.26. The molecule has 0 saturated carbocycles. The summed E-state index contributed by atoms with van der Waals surface area (Å²) in [6.45, 7) is 4.82. The van der Waals surface area contributed by atoms with Crippen molar-refractivity contribution in [2.75, 3.05) is 38.2 Å². The summed E-state index contributed by atoms with van der Waals surface area (Å²) in [6, 6.07) is 11.0. The predicted octanol–water partition coefficient (Wildman–Crippen LogP) is 4.82. The molecule has 0 atom stereocenters. The Hall–Kier alpha value is -2.18. The third-order valence-electron chi connectivity index (χ3n) is 6.29. The highest BCUT2D eigenvalue weighted by Gasteiger charge is 2.26. The summed E-state index contributed by atoms with van der Waals surface area (Å²) in [5.41, 5.74) is 3.09. The molecule has 2 aliphatic heterocycles. The van der Waals surface area contributed by atoms with Crippen molar-refractivity contribution in [3.05, 3.63) is 36.5 Å². The zero-order valence-corrected chi connectivity index (χ0v) is 17.8. The SMILES string of the molecule is COc1ccc(-c2cc3sc(N4CCC(N5CCCCC5)CC4)nc3cn2)cc1. The Labute approximate surface area is 176 Å². The van der Waals surface area contributed by atoms with Gasteiger partial charge in [0.25, 0.3) is 0 Å². The van der Waals surface area contributed by atoms with Crippen LogP contribution in [-0.4, -0.2) is 54.2 Å². The lowest BCUT2D eigenvalue weighted by Crippen LogP contribution is -2.46. The van der Waals surface area contributed by atoms with Crippen molar-refractivity contribution in [2.24, 2.45) is 0 Å². The lowest BCUT2D eigenvalue weighted by Gasteiger charge is -2.40. The number of methoxy groups -OCH3 is 1. The number of ether oxygens (including phenoxy) is 1. The summed E-state index contributed by atoms with van der Waals surface area (Å²) in [5.74, 6) is 0.864. The van der Waals surface area contributed by atoms with E-state index in [2.05, 4.69) is 33.0 Å². The van der Waals surface area contributed by atoms with Crippen molar-refractivity contribution in [1.82, 2.24) is 14.9 Å². The molecular weight excluding hydrogens is 380 g/mol. The maximum Gasteiger partial charge on any atom is 0.186 e. The molecule has 0 radical (unpaired) electrons. The van der Waals surface area contributed by atoms with E-state index in [4.69, 9.17) is 9.72 Å². The van der Waals surface area contributed by atoms with Crippen LogP contribution in [0.3, 0.4) is 0 Å². The molecule has 0 N–H and O–H groups in total. The summed E-state index contributed by atoms with van der Waals surface area (Å²) < 4.78 is 6.46. The van der Waals surface area contributed by atoms with Gasteiger partial charge in [-0.1, -0.05) is 17.8 Å². The van der Waals surface area contributed by atoms with Crippen LogP contribution in [0.4, 0.5) is 5.13 Å². The van der Waals surface area contributed by atoms with Crippen molar-refractivity contribution in [1.29, 1.82) is 0 Å². The normalized spacial score (nSPS) is 19.0. The van der Waals surface area contributed by atoms with Crippen LogP contribution in [0.25, 0.3) is 21.5 Å². The number of hydrogen-bond donors (Lipinski definition) is 0. The average molecular weight is 409 g/mol. The van der Waals surface area contributed by atoms with E-state index in [0.717, 1.165) is 46.8 Å². The first-order valence-corrected chi connectivity index (χ1v) is 11.5. The van der Waals surface area contributed by atoms with Gasteiger partial charge in [0.05, 0.1) is 23.7 Å². The molecule has 5 rings (SSSR count). The molecule has 4 heterocycles. The number of nitrogens with zero attached hydrogens (tertiary/aromatic N) is 4. The molecule has 1 aromatic carbocycles. The first-order valence-electron chi connectivity index (χ1n) is 10.7. The summed E-state index contributed by atoms with van der Waals surface area (Å²) in [4.78, 5) is 14.7. The Bertz CT molecular complexity index is 957. The van der Waals surface area contributed by atoms with E-state index < -0.39 is 0 Å². The Morgan fingerprint density at radius 1 is 1.00 bits per heavy atom. The van der Waals surface area contributed by atoms with E-state index in [1.54, 1.807) is 18.4 Å². The van der Waals surface area contributed by atoms with Crippen molar-refractivity contribution in [3.63, 3.8) is 0 Å². The zero-order chi connectivity index (χ0) is 19.6. The van der Waals surface area contributed by atoms with Crippen LogP contribution in [0.1, 0.15) is 32.1 Å². The van der Waals surface area contributed by atoms with E-state index in [-0.39, 0.29) is 0 Å². The maximum absolute atomic E-state index is 5.26. The van der Waals surface area contributed by atoms with E-state index in [9.17, 15) is 0 Å². The van der Waals surface area contributed by atoms with Crippen molar-refractivity contribution in [2.45, 2.75) is 38.1 Å². The highest BCUT2D eigenvalue weighted by atomic mass is 32.1. The van der Waals surface area contributed by atoms with Crippen LogP contribution in [0.5, 0.6) is 5.75 Å². The van der Waals surface area contributed by atoms with Crippen molar-refractivity contribution in [3.8, 4) is 17.0 Å². The Kier molecular flexibility index (Phi) is 5.38. The van der Waals surface area contributed by atoms with E-state index in [0.29, 0.717) is 0 Å². The van der Waals surface area contributed by atoms with Gasteiger partial charge in [-0.15, -0.1) is 0 Å². The molecule has 6 heteroatoms. The molecule has 29 heavy (non-hydrogen) atoms.